The van der Waals surface area contributed by atoms with Gasteiger partial charge in [0.2, 0.25) is 5.13 Å². The fraction of sp³-hybridized carbons (Fsp3) is 0.296. The van der Waals surface area contributed by atoms with Crippen LogP contribution >= 0.6 is 23.1 Å². The molecule has 0 unspecified atom stereocenters. The summed E-state index contributed by atoms with van der Waals surface area (Å²) in [5.74, 6) is -13.7. The van der Waals surface area contributed by atoms with Crippen molar-refractivity contribution in [2.24, 2.45) is 20.5 Å². The molecule has 17 heteroatoms. The number of nitrogens with zero attached hydrogens (tertiary/aromatic N) is 6. The summed E-state index contributed by atoms with van der Waals surface area (Å²) >= 11 is -0.313. The number of thioether (sulfide) groups is 1. The van der Waals surface area contributed by atoms with Gasteiger partial charge in [0.1, 0.15) is 0 Å². The SMILES string of the molecule is CCN(CC)c1ccc(N=Nc2ccc(N=Nc3nc4ccc(SC(F)(F)C(F)(F)C(F)(F)C(F)(F)F)cc4s3)cc2)cc1. The number of hydrogen-bond acceptors (Lipinski definition) is 8. The summed E-state index contributed by atoms with van der Waals surface area (Å²) in [5, 5.41) is 10.6. The number of thiazole rings is 1. The molecule has 0 N–H and O–H groups in total. The molecule has 0 aliphatic rings. The van der Waals surface area contributed by atoms with Crippen LogP contribution in [0.15, 0.2) is 92.1 Å². The van der Waals surface area contributed by atoms with Crippen LogP contribution in [0.1, 0.15) is 13.8 Å². The second kappa shape index (κ2) is 12.7. The van der Waals surface area contributed by atoms with Gasteiger partial charge in [-0.2, -0.15) is 49.7 Å². The topological polar surface area (TPSA) is 65.6 Å². The van der Waals surface area contributed by atoms with E-state index in [-0.39, 0.29) is 15.3 Å². The number of aromatic nitrogens is 1. The third kappa shape index (κ3) is 6.98. The molecule has 1 aromatic heterocycles. The minimum absolute atomic E-state index is 0.0415. The van der Waals surface area contributed by atoms with Crippen molar-refractivity contribution >= 4 is 61.2 Å². The van der Waals surface area contributed by atoms with Gasteiger partial charge in [-0.3, -0.25) is 0 Å². The zero-order valence-corrected chi connectivity index (χ0v) is 24.3. The Morgan fingerprint density at radius 1 is 0.682 bits per heavy atom. The standard InChI is InChI=1S/C27H21F9N6S2/c1-3-42(4-2)19-11-9-18(10-12-19)39-38-16-5-7-17(8-6-16)40-41-23-37-21-14-13-20(15-22(21)43-23)44-27(35,36)25(30,31)24(28,29)26(32,33)34/h5-15H,3-4H2,1-2H3. The Morgan fingerprint density at radius 3 is 1.68 bits per heavy atom. The van der Waals surface area contributed by atoms with E-state index < -0.39 is 39.9 Å². The van der Waals surface area contributed by atoms with Crippen LogP contribution < -0.4 is 4.90 Å². The van der Waals surface area contributed by atoms with Gasteiger partial charge in [0.25, 0.3) is 0 Å². The molecule has 0 saturated heterocycles. The highest BCUT2D eigenvalue weighted by atomic mass is 32.2. The number of azo groups is 2. The third-order valence-corrected chi connectivity index (χ3v) is 7.98. The molecule has 0 spiro atoms. The van der Waals surface area contributed by atoms with Crippen molar-refractivity contribution in [3.63, 3.8) is 0 Å². The summed E-state index contributed by atoms with van der Waals surface area (Å²) in [7, 11) is 0. The van der Waals surface area contributed by atoms with E-state index in [1.165, 1.54) is 0 Å². The molecule has 0 saturated carbocycles. The summed E-state index contributed by atoms with van der Waals surface area (Å²) in [6.07, 6.45) is -6.88. The Bertz CT molecular complexity index is 1630. The van der Waals surface area contributed by atoms with E-state index in [1.54, 1.807) is 24.3 Å². The third-order valence-electron chi connectivity index (χ3n) is 6.07. The summed E-state index contributed by atoms with van der Waals surface area (Å²) in [6.45, 7) is 5.90. The van der Waals surface area contributed by atoms with Gasteiger partial charge in [-0.1, -0.05) is 11.3 Å². The zero-order chi connectivity index (χ0) is 32.3. The van der Waals surface area contributed by atoms with Gasteiger partial charge >= 0.3 is 23.3 Å². The first-order valence-corrected chi connectivity index (χ1v) is 14.3. The van der Waals surface area contributed by atoms with Crippen molar-refractivity contribution < 1.29 is 39.5 Å². The van der Waals surface area contributed by atoms with Crippen molar-refractivity contribution in [3.05, 3.63) is 66.7 Å². The number of hydrogen-bond donors (Lipinski definition) is 0. The van der Waals surface area contributed by atoms with Crippen molar-refractivity contribution in [2.45, 2.75) is 42.0 Å². The maximum absolute atomic E-state index is 14.0. The minimum Gasteiger partial charge on any atom is -0.372 e. The number of fused-ring (bicyclic) bond motifs is 1. The summed E-state index contributed by atoms with van der Waals surface area (Å²) < 4.78 is 119. The highest BCUT2D eigenvalue weighted by molar-refractivity contribution is 8.00. The van der Waals surface area contributed by atoms with E-state index in [1.807, 2.05) is 24.3 Å². The van der Waals surface area contributed by atoms with E-state index in [0.717, 1.165) is 48.3 Å². The molecule has 234 valence electrons. The Hall–Kier alpha value is -3.73. The van der Waals surface area contributed by atoms with Gasteiger partial charge in [-0.25, -0.2) is 4.98 Å². The Labute approximate surface area is 252 Å². The lowest BCUT2D eigenvalue weighted by atomic mass is 10.1. The molecule has 0 atom stereocenters. The molecule has 0 radical (unpaired) electrons. The van der Waals surface area contributed by atoms with Gasteiger partial charge in [-0.05, 0) is 92.3 Å². The molecule has 1 heterocycles. The lowest BCUT2D eigenvalue weighted by Crippen LogP contribution is -2.59. The van der Waals surface area contributed by atoms with E-state index in [4.69, 9.17) is 0 Å². The monoisotopic (exact) mass is 664 g/mol. The predicted molar refractivity (Wildman–Crippen MR) is 151 cm³/mol. The van der Waals surface area contributed by atoms with Crippen molar-refractivity contribution in [3.8, 4) is 0 Å². The van der Waals surface area contributed by atoms with Crippen molar-refractivity contribution in [2.75, 3.05) is 18.0 Å². The lowest BCUT2D eigenvalue weighted by molar-refractivity contribution is -0.381. The van der Waals surface area contributed by atoms with E-state index in [2.05, 4.69) is 44.2 Å². The van der Waals surface area contributed by atoms with Crippen LogP contribution in [0.3, 0.4) is 0 Å². The second-order valence-corrected chi connectivity index (χ2v) is 11.2. The highest BCUT2D eigenvalue weighted by Gasteiger charge is 2.82. The largest absolute Gasteiger partial charge is 0.460 e. The molecular formula is C27H21F9N6S2. The number of rotatable bonds is 11. The first-order chi connectivity index (χ1) is 20.6. The molecule has 6 nitrogen and oxygen atoms in total. The molecule has 0 aliphatic carbocycles. The van der Waals surface area contributed by atoms with Gasteiger partial charge in [-0.15, -0.1) is 10.2 Å². The fourth-order valence-electron chi connectivity index (χ4n) is 3.69. The lowest BCUT2D eigenvalue weighted by Gasteiger charge is -2.33. The second-order valence-electron chi connectivity index (χ2n) is 9.00. The number of alkyl halides is 9. The van der Waals surface area contributed by atoms with Crippen LogP contribution in [-0.4, -0.2) is 41.3 Å². The summed E-state index contributed by atoms with van der Waals surface area (Å²) in [6, 6.07) is 17.0. The number of anilines is 1. The van der Waals surface area contributed by atoms with E-state index in [9.17, 15) is 39.5 Å². The minimum atomic E-state index is -6.96. The molecule has 44 heavy (non-hydrogen) atoms. The quantitative estimate of drug-likeness (QED) is 0.0910. The molecule has 0 fully saturated rings. The maximum atomic E-state index is 14.0. The Kier molecular flexibility index (Phi) is 9.58. The van der Waals surface area contributed by atoms with Crippen LogP contribution in [0.25, 0.3) is 10.2 Å². The molecule has 0 amide bonds. The van der Waals surface area contributed by atoms with Crippen LogP contribution in [0.5, 0.6) is 0 Å². The summed E-state index contributed by atoms with van der Waals surface area (Å²) in [4.78, 5) is 5.61. The highest BCUT2D eigenvalue weighted by Crippen LogP contribution is 2.58. The molecule has 0 aliphatic heterocycles. The molecule has 0 bridgehead atoms. The molecular weight excluding hydrogens is 643 g/mol. The average Bonchev–Trinajstić information content (AvgIpc) is 3.38. The zero-order valence-electron chi connectivity index (χ0n) is 22.7. The van der Waals surface area contributed by atoms with Crippen molar-refractivity contribution in [1.82, 2.24) is 4.98 Å². The van der Waals surface area contributed by atoms with Crippen LogP contribution in [0.4, 0.5) is 67.4 Å². The number of halogens is 9. The van der Waals surface area contributed by atoms with Gasteiger partial charge in [0.05, 0.1) is 27.3 Å². The smallest absolute Gasteiger partial charge is 0.372 e. The fourth-order valence-corrected chi connectivity index (χ4v) is 5.46. The molecule has 3 aromatic carbocycles. The van der Waals surface area contributed by atoms with Gasteiger partial charge < -0.3 is 4.90 Å². The van der Waals surface area contributed by atoms with Crippen LogP contribution in [0.2, 0.25) is 0 Å². The van der Waals surface area contributed by atoms with Gasteiger partial charge in [0.15, 0.2) is 0 Å². The average molecular weight is 665 g/mol. The van der Waals surface area contributed by atoms with Crippen LogP contribution in [-0.2, 0) is 0 Å². The molecule has 4 aromatic rings. The van der Waals surface area contributed by atoms with Crippen molar-refractivity contribution in [1.29, 1.82) is 0 Å². The van der Waals surface area contributed by atoms with E-state index >= 15 is 0 Å². The van der Waals surface area contributed by atoms with E-state index in [0.29, 0.717) is 17.1 Å². The Morgan fingerprint density at radius 2 is 1.18 bits per heavy atom. The number of benzene rings is 3. The predicted octanol–water partition coefficient (Wildman–Crippen LogP) is 11.5. The first kappa shape index (κ1) is 33.2. The van der Waals surface area contributed by atoms with Gasteiger partial charge in [0, 0.05) is 23.7 Å². The molecule has 4 rings (SSSR count). The van der Waals surface area contributed by atoms with Crippen LogP contribution in [0, 0.1) is 0 Å². The first-order valence-electron chi connectivity index (χ1n) is 12.7. The Balaban J connectivity index is 1.42. The summed E-state index contributed by atoms with van der Waals surface area (Å²) in [5.41, 5.74) is 2.87. The maximum Gasteiger partial charge on any atom is 0.460 e. The normalized spacial score (nSPS) is 13.4.